The highest BCUT2D eigenvalue weighted by atomic mass is 19.1. The minimum Gasteiger partial charge on any atom is -0.349 e. The molecule has 0 saturated carbocycles. The highest BCUT2D eigenvalue weighted by molar-refractivity contribution is 5.94. The van der Waals surface area contributed by atoms with Crippen molar-refractivity contribution >= 4 is 5.91 Å². The van der Waals surface area contributed by atoms with Crippen LogP contribution in [0.1, 0.15) is 42.6 Å². The number of hydrogen-bond acceptors (Lipinski definition) is 2. The molecular formula is C16H23FN2O. The Labute approximate surface area is 120 Å². The van der Waals surface area contributed by atoms with Crippen molar-refractivity contribution in [1.29, 1.82) is 0 Å². The molecule has 2 rings (SSSR count). The Morgan fingerprint density at radius 2 is 2.00 bits per heavy atom. The van der Waals surface area contributed by atoms with E-state index in [9.17, 15) is 9.18 Å². The summed E-state index contributed by atoms with van der Waals surface area (Å²) in [5.74, 6) is -0.748. The highest BCUT2D eigenvalue weighted by Gasteiger charge is 2.23. The van der Waals surface area contributed by atoms with Crippen LogP contribution in [0.3, 0.4) is 0 Å². The van der Waals surface area contributed by atoms with Crippen LogP contribution >= 0.6 is 0 Å². The molecule has 0 unspecified atom stereocenters. The van der Waals surface area contributed by atoms with E-state index in [1.807, 2.05) is 6.92 Å². The zero-order valence-electron chi connectivity index (χ0n) is 12.4. The molecule has 1 heterocycles. The topological polar surface area (TPSA) is 32.3 Å². The molecule has 3 nitrogen and oxygen atoms in total. The summed E-state index contributed by atoms with van der Waals surface area (Å²) in [5, 5.41) is 2.96. The van der Waals surface area contributed by atoms with Crippen molar-refractivity contribution in [2.45, 2.75) is 45.7 Å². The third-order valence-corrected chi connectivity index (χ3v) is 3.96. The van der Waals surface area contributed by atoms with Gasteiger partial charge in [-0.05, 0) is 45.7 Å². The lowest BCUT2D eigenvalue weighted by Crippen LogP contribution is -2.46. The molecule has 1 fully saturated rings. The van der Waals surface area contributed by atoms with Crippen LogP contribution < -0.4 is 5.32 Å². The molecule has 20 heavy (non-hydrogen) atoms. The van der Waals surface area contributed by atoms with Gasteiger partial charge < -0.3 is 10.2 Å². The van der Waals surface area contributed by atoms with E-state index >= 15 is 0 Å². The number of carbonyl (C=O) groups is 1. The first-order valence-corrected chi connectivity index (χ1v) is 7.28. The zero-order chi connectivity index (χ0) is 14.7. The van der Waals surface area contributed by atoms with Crippen molar-refractivity contribution in [3.63, 3.8) is 0 Å². The van der Waals surface area contributed by atoms with E-state index in [2.05, 4.69) is 24.1 Å². The number of likely N-dealkylation sites (tertiary alicyclic amines) is 1. The molecule has 4 heteroatoms. The van der Waals surface area contributed by atoms with Gasteiger partial charge in [-0.2, -0.15) is 0 Å². The van der Waals surface area contributed by atoms with E-state index < -0.39 is 5.82 Å². The molecule has 1 amide bonds. The van der Waals surface area contributed by atoms with Crippen molar-refractivity contribution in [3.8, 4) is 0 Å². The summed E-state index contributed by atoms with van der Waals surface area (Å²) in [5.41, 5.74) is 1.04. The Morgan fingerprint density at radius 3 is 2.60 bits per heavy atom. The van der Waals surface area contributed by atoms with Gasteiger partial charge in [0.15, 0.2) is 0 Å². The van der Waals surface area contributed by atoms with Crippen LogP contribution in [0, 0.1) is 12.7 Å². The number of amides is 1. The van der Waals surface area contributed by atoms with Crippen LogP contribution in [0.4, 0.5) is 4.39 Å². The molecule has 0 radical (unpaired) electrons. The number of hydrogen-bond donors (Lipinski definition) is 1. The predicted octanol–water partition coefficient (Wildman–Crippen LogP) is 2.74. The summed E-state index contributed by atoms with van der Waals surface area (Å²) in [6.07, 6.45) is 1.86. The number of nitrogens with one attached hydrogen (secondary N) is 1. The molecule has 1 aromatic rings. The monoisotopic (exact) mass is 278 g/mol. The van der Waals surface area contributed by atoms with Crippen molar-refractivity contribution in [2.24, 2.45) is 0 Å². The van der Waals surface area contributed by atoms with Gasteiger partial charge in [0.1, 0.15) is 5.82 Å². The minimum absolute atomic E-state index is 0.149. The SMILES string of the molecule is Cc1ccc(F)c(C(=O)NC2CCN(C(C)C)CC2)c1. The average molecular weight is 278 g/mol. The van der Waals surface area contributed by atoms with E-state index in [0.717, 1.165) is 31.5 Å². The summed E-state index contributed by atoms with van der Waals surface area (Å²) >= 11 is 0. The smallest absolute Gasteiger partial charge is 0.254 e. The van der Waals surface area contributed by atoms with Crippen molar-refractivity contribution in [1.82, 2.24) is 10.2 Å². The second kappa shape index (κ2) is 6.35. The highest BCUT2D eigenvalue weighted by Crippen LogP contribution is 2.15. The van der Waals surface area contributed by atoms with Gasteiger partial charge in [-0.25, -0.2) is 4.39 Å². The first-order valence-electron chi connectivity index (χ1n) is 7.28. The lowest BCUT2D eigenvalue weighted by atomic mass is 10.0. The van der Waals surface area contributed by atoms with Crippen LogP contribution in [0.2, 0.25) is 0 Å². The van der Waals surface area contributed by atoms with E-state index in [1.54, 1.807) is 12.1 Å². The number of benzene rings is 1. The third-order valence-electron chi connectivity index (χ3n) is 3.96. The predicted molar refractivity (Wildman–Crippen MR) is 78.3 cm³/mol. The van der Waals surface area contributed by atoms with Gasteiger partial charge in [0, 0.05) is 25.2 Å². The second-order valence-electron chi connectivity index (χ2n) is 5.86. The van der Waals surface area contributed by atoms with Gasteiger partial charge in [0.05, 0.1) is 5.56 Å². The quantitative estimate of drug-likeness (QED) is 0.922. The normalized spacial score (nSPS) is 17.4. The van der Waals surface area contributed by atoms with Crippen LogP contribution in [-0.2, 0) is 0 Å². The maximum absolute atomic E-state index is 13.7. The van der Waals surface area contributed by atoms with Gasteiger partial charge >= 0.3 is 0 Å². The number of halogens is 1. The standard InChI is InChI=1S/C16H23FN2O/c1-11(2)19-8-6-13(7-9-19)18-16(20)14-10-12(3)4-5-15(14)17/h4-5,10-11,13H,6-9H2,1-3H3,(H,18,20). The summed E-state index contributed by atoms with van der Waals surface area (Å²) in [7, 11) is 0. The fourth-order valence-electron chi connectivity index (χ4n) is 2.64. The molecule has 1 aliphatic rings. The molecule has 1 saturated heterocycles. The van der Waals surface area contributed by atoms with Gasteiger partial charge in [-0.3, -0.25) is 4.79 Å². The molecule has 1 aromatic carbocycles. The van der Waals surface area contributed by atoms with Crippen LogP contribution in [0.25, 0.3) is 0 Å². The fraction of sp³-hybridized carbons (Fsp3) is 0.562. The minimum atomic E-state index is -0.451. The Hall–Kier alpha value is -1.42. The van der Waals surface area contributed by atoms with E-state index in [4.69, 9.17) is 0 Å². The van der Waals surface area contributed by atoms with E-state index in [-0.39, 0.29) is 17.5 Å². The Kier molecular flexibility index (Phi) is 4.76. The maximum atomic E-state index is 13.7. The number of carbonyl (C=O) groups excluding carboxylic acids is 1. The summed E-state index contributed by atoms with van der Waals surface area (Å²) in [6.45, 7) is 8.19. The molecular weight excluding hydrogens is 255 g/mol. The Morgan fingerprint density at radius 1 is 1.35 bits per heavy atom. The van der Waals surface area contributed by atoms with Crippen molar-refractivity contribution < 1.29 is 9.18 Å². The first-order chi connectivity index (χ1) is 9.47. The summed E-state index contributed by atoms with van der Waals surface area (Å²) in [6, 6.07) is 5.32. The number of aryl methyl sites for hydroxylation is 1. The average Bonchev–Trinajstić information content (AvgIpc) is 2.42. The molecule has 1 aliphatic heterocycles. The van der Waals surface area contributed by atoms with Crippen molar-refractivity contribution in [2.75, 3.05) is 13.1 Å². The Bertz CT molecular complexity index is 479. The molecule has 0 aliphatic carbocycles. The number of rotatable bonds is 3. The van der Waals surface area contributed by atoms with Gasteiger partial charge in [0.2, 0.25) is 0 Å². The summed E-state index contributed by atoms with van der Waals surface area (Å²) in [4.78, 5) is 14.5. The number of nitrogens with zero attached hydrogens (tertiary/aromatic N) is 1. The molecule has 0 spiro atoms. The summed E-state index contributed by atoms with van der Waals surface area (Å²) < 4.78 is 13.7. The van der Waals surface area contributed by atoms with E-state index in [1.165, 1.54) is 6.07 Å². The third kappa shape index (κ3) is 3.57. The fourth-order valence-corrected chi connectivity index (χ4v) is 2.64. The molecule has 1 N–H and O–H groups in total. The van der Waals surface area contributed by atoms with Crippen molar-refractivity contribution in [3.05, 3.63) is 35.1 Å². The van der Waals surface area contributed by atoms with Crippen LogP contribution in [0.15, 0.2) is 18.2 Å². The second-order valence-corrected chi connectivity index (χ2v) is 5.86. The molecule has 110 valence electrons. The van der Waals surface area contributed by atoms with Crippen LogP contribution in [0.5, 0.6) is 0 Å². The lowest BCUT2D eigenvalue weighted by Gasteiger charge is -2.34. The van der Waals surface area contributed by atoms with Gasteiger partial charge in [0.25, 0.3) is 5.91 Å². The largest absolute Gasteiger partial charge is 0.349 e. The number of piperidine rings is 1. The maximum Gasteiger partial charge on any atom is 0.254 e. The van der Waals surface area contributed by atoms with Gasteiger partial charge in [-0.1, -0.05) is 11.6 Å². The van der Waals surface area contributed by atoms with Gasteiger partial charge in [-0.15, -0.1) is 0 Å². The zero-order valence-corrected chi connectivity index (χ0v) is 12.4. The molecule has 0 aromatic heterocycles. The molecule has 0 atom stereocenters. The van der Waals surface area contributed by atoms with Crippen LogP contribution in [-0.4, -0.2) is 36.0 Å². The first kappa shape index (κ1) is 15.0. The lowest BCUT2D eigenvalue weighted by molar-refractivity contribution is 0.0896. The van der Waals surface area contributed by atoms with E-state index in [0.29, 0.717) is 6.04 Å². The Balaban J connectivity index is 1.94. The molecule has 0 bridgehead atoms.